The standard InChI is InChI=1S/C15H18N4O3/c1-18(2)9-16-14-13(15(20)22-4)19(10-17-14)11-7-5-6-8-12(11)21-3/h5-10H,1-4H3. The van der Waals surface area contributed by atoms with Gasteiger partial charge in [-0.2, -0.15) is 0 Å². The quantitative estimate of drug-likeness (QED) is 0.479. The molecule has 1 aromatic heterocycles. The maximum atomic E-state index is 12.1. The molecule has 7 nitrogen and oxygen atoms in total. The molecule has 116 valence electrons. The van der Waals surface area contributed by atoms with Crippen LogP contribution < -0.4 is 4.74 Å². The molecule has 0 fully saturated rings. The molecule has 1 aromatic carbocycles. The number of carbonyl (C=O) groups is 1. The Bertz CT molecular complexity index is 692. The van der Waals surface area contributed by atoms with Crippen molar-refractivity contribution in [1.29, 1.82) is 0 Å². The molecule has 0 bridgehead atoms. The van der Waals surface area contributed by atoms with E-state index in [1.54, 1.807) is 29.0 Å². The summed E-state index contributed by atoms with van der Waals surface area (Å²) < 4.78 is 11.8. The molecule has 0 saturated heterocycles. The van der Waals surface area contributed by atoms with Gasteiger partial charge in [0.25, 0.3) is 0 Å². The average molecular weight is 302 g/mol. The van der Waals surface area contributed by atoms with E-state index in [9.17, 15) is 4.79 Å². The highest BCUT2D eigenvalue weighted by atomic mass is 16.5. The molecule has 0 aliphatic heterocycles. The maximum absolute atomic E-state index is 12.1. The summed E-state index contributed by atoms with van der Waals surface area (Å²) in [6, 6.07) is 7.33. The number of carbonyl (C=O) groups excluding carboxylic acids is 1. The lowest BCUT2D eigenvalue weighted by Gasteiger charge is -2.11. The zero-order chi connectivity index (χ0) is 16.1. The Morgan fingerprint density at radius 2 is 2.05 bits per heavy atom. The van der Waals surface area contributed by atoms with Gasteiger partial charge in [-0.05, 0) is 12.1 Å². The van der Waals surface area contributed by atoms with Crippen molar-refractivity contribution in [2.75, 3.05) is 28.3 Å². The number of benzene rings is 1. The zero-order valence-corrected chi connectivity index (χ0v) is 13.0. The van der Waals surface area contributed by atoms with Crippen LogP contribution in [-0.2, 0) is 4.74 Å². The van der Waals surface area contributed by atoms with E-state index in [0.717, 1.165) is 0 Å². The molecule has 22 heavy (non-hydrogen) atoms. The monoisotopic (exact) mass is 302 g/mol. The Morgan fingerprint density at radius 3 is 2.68 bits per heavy atom. The second-order valence-electron chi connectivity index (χ2n) is 4.66. The first kappa shape index (κ1) is 15.6. The lowest BCUT2D eigenvalue weighted by Crippen LogP contribution is -2.11. The van der Waals surface area contributed by atoms with Gasteiger partial charge in [0.2, 0.25) is 0 Å². The number of rotatable bonds is 5. The molecule has 7 heteroatoms. The second-order valence-corrected chi connectivity index (χ2v) is 4.66. The molecular weight excluding hydrogens is 284 g/mol. The fourth-order valence-electron chi connectivity index (χ4n) is 1.90. The van der Waals surface area contributed by atoms with Gasteiger partial charge in [-0.1, -0.05) is 12.1 Å². The molecule has 0 saturated carbocycles. The number of hydrogen-bond donors (Lipinski definition) is 0. The summed E-state index contributed by atoms with van der Waals surface area (Å²) in [6.07, 6.45) is 3.09. The number of nitrogens with zero attached hydrogens (tertiary/aromatic N) is 4. The number of para-hydroxylation sites is 2. The van der Waals surface area contributed by atoms with E-state index >= 15 is 0 Å². The first-order chi connectivity index (χ1) is 10.6. The largest absolute Gasteiger partial charge is 0.495 e. The number of aromatic nitrogens is 2. The summed E-state index contributed by atoms with van der Waals surface area (Å²) in [5.41, 5.74) is 0.925. The Hall–Kier alpha value is -2.83. The lowest BCUT2D eigenvalue weighted by atomic mass is 10.2. The SMILES string of the molecule is COC(=O)c1c(N=CN(C)C)ncn1-c1ccccc1OC. The summed E-state index contributed by atoms with van der Waals surface area (Å²) in [5.74, 6) is 0.383. The molecule has 0 aliphatic rings. The Balaban J connectivity index is 2.59. The number of hydrogen-bond acceptors (Lipinski definition) is 5. The van der Waals surface area contributed by atoms with E-state index in [2.05, 4.69) is 9.98 Å². The number of methoxy groups -OCH3 is 2. The molecule has 1 heterocycles. The van der Waals surface area contributed by atoms with Crippen LogP contribution in [0, 0.1) is 0 Å². The average Bonchev–Trinajstić information content (AvgIpc) is 2.95. The number of esters is 1. The minimum absolute atomic E-state index is 0.241. The molecule has 0 aliphatic carbocycles. The number of imidazole rings is 1. The minimum Gasteiger partial charge on any atom is -0.495 e. The molecular formula is C15H18N4O3. The molecule has 0 N–H and O–H groups in total. The van der Waals surface area contributed by atoms with E-state index in [4.69, 9.17) is 9.47 Å². The van der Waals surface area contributed by atoms with Crippen LogP contribution in [0.15, 0.2) is 35.6 Å². The van der Waals surface area contributed by atoms with E-state index in [1.807, 2.05) is 32.3 Å². The zero-order valence-electron chi connectivity index (χ0n) is 13.0. The Labute approximate surface area is 128 Å². The van der Waals surface area contributed by atoms with Crippen molar-refractivity contribution < 1.29 is 14.3 Å². The van der Waals surface area contributed by atoms with Gasteiger partial charge >= 0.3 is 5.97 Å². The first-order valence-electron chi connectivity index (χ1n) is 6.58. The smallest absolute Gasteiger partial charge is 0.359 e. The molecule has 0 radical (unpaired) electrons. The van der Waals surface area contributed by atoms with Crippen molar-refractivity contribution in [3.63, 3.8) is 0 Å². The maximum Gasteiger partial charge on any atom is 0.359 e. The molecule has 0 unspecified atom stereocenters. The van der Waals surface area contributed by atoms with Crippen LogP contribution in [0.3, 0.4) is 0 Å². The summed E-state index contributed by atoms with van der Waals surface area (Å²) in [4.78, 5) is 22.3. The van der Waals surface area contributed by atoms with Gasteiger partial charge in [-0.3, -0.25) is 4.57 Å². The summed E-state index contributed by atoms with van der Waals surface area (Å²) >= 11 is 0. The van der Waals surface area contributed by atoms with Crippen molar-refractivity contribution in [3.05, 3.63) is 36.3 Å². The van der Waals surface area contributed by atoms with Crippen molar-refractivity contribution in [3.8, 4) is 11.4 Å². The van der Waals surface area contributed by atoms with E-state index in [-0.39, 0.29) is 11.5 Å². The second kappa shape index (κ2) is 6.75. The van der Waals surface area contributed by atoms with Crippen molar-refractivity contribution in [1.82, 2.24) is 14.5 Å². The van der Waals surface area contributed by atoms with Crippen LogP contribution in [0.1, 0.15) is 10.5 Å². The third kappa shape index (κ3) is 3.08. The lowest BCUT2D eigenvalue weighted by molar-refractivity contribution is 0.0592. The third-order valence-electron chi connectivity index (χ3n) is 2.88. The predicted octanol–water partition coefficient (Wildman–Crippen LogP) is 1.89. The normalized spacial score (nSPS) is 10.7. The Morgan fingerprint density at radius 1 is 1.32 bits per heavy atom. The molecule has 0 amide bonds. The van der Waals surface area contributed by atoms with Gasteiger partial charge in [-0.25, -0.2) is 14.8 Å². The van der Waals surface area contributed by atoms with E-state index in [0.29, 0.717) is 11.4 Å². The summed E-state index contributed by atoms with van der Waals surface area (Å²) in [5, 5.41) is 0. The third-order valence-corrected chi connectivity index (χ3v) is 2.88. The molecule has 2 rings (SSSR count). The topological polar surface area (TPSA) is 69.0 Å². The molecule has 2 aromatic rings. The number of aliphatic imine (C=N–C) groups is 1. The predicted molar refractivity (Wildman–Crippen MR) is 83.3 cm³/mol. The van der Waals surface area contributed by atoms with Gasteiger partial charge in [-0.15, -0.1) is 0 Å². The summed E-state index contributed by atoms with van der Waals surface area (Å²) in [7, 11) is 6.55. The molecule has 0 spiro atoms. The van der Waals surface area contributed by atoms with E-state index < -0.39 is 5.97 Å². The van der Waals surface area contributed by atoms with Gasteiger partial charge < -0.3 is 14.4 Å². The van der Waals surface area contributed by atoms with Crippen LogP contribution in [0.4, 0.5) is 5.82 Å². The fourth-order valence-corrected chi connectivity index (χ4v) is 1.90. The van der Waals surface area contributed by atoms with Crippen molar-refractivity contribution in [2.24, 2.45) is 4.99 Å². The fraction of sp³-hybridized carbons (Fsp3) is 0.267. The van der Waals surface area contributed by atoms with Gasteiger partial charge in [0, 0.05) is 14.1 Å². The first-order valence-corrected chi connectivity index (χ1v) is 6.58. The van der Waals surface area contributed by atoms with Crippen molar-refractivity contribution in [2.45, 2.75) is 0 Å². The van der Waals surface area contributed by atoms with Gasteiger partial charge in [0.1, 0.15) is 12.1 Å². The van der Waals surface area contributed by atoms with Crippen LogP contribution >= 0.6 is 0 Å². The summed E-state index contributed by atoms with van der Waals surface area (Å²) in [6.45, 7) is 0. The van der Waals surface area contributed by atoms with Crippen LogP contribution in [0.2, 0.25) is 0 Å². The van der Waals surface area contributed by atoms with Crippen molar-refractivity contribution >= 4 is 18.1 Å². The number of ether oxygens (including phenoxy) is 2. The van der Waals surface area contributed by atoms with Gasteiger partial charge in [0.05, 0.1) is 26.2 Å². The highest BCUT2D eigenvalue weighted by molar-refractivity contribution is 5.93. The Kier molecular flexibility index (Phi) is 4.77. The van der Waals surface area contributed by atoms with E-state index in [1.165, 1.54) is 13.4 Å². The highest BCUT2D eigenvalue weighted by Crippen LogP contribution is 2.27. The van der Waals surface area contributed by atoms with Crippen LogP contribution in [0.25, 0.3) is 5.69 Å². The molecule has 0 atom stereocenters. The minimum atomic E-state index is -0.519. The van der Waals surface area contributed by atoms with Crippen LogP contribution in [0.5, 0.6) is 5.75 Å². The van der Waals surface area contributed by atoms with Gasteiger partial charge in [0.15, 0.2) is 11.5 Å². The highest BCUT2D eigenvalue weighted by Gasteiger charge is 2.21. The van der Waals surface area contributed by atoms with Crippen LogP contribution in [-0.4, -0.2) is 55.1 Å².